The first kappa shape index (κ1) is 13.5. The Morgan fingerprint density at radius 2 is 2.12 bits per heavy atom. The zero-order chi connectivity index (χ0) is 12.2. The average molecular weight is 228 g/mol. The molecule has 0 bridgehead atoms. The molecule has 1 saturated carbocycles. The van der Waals surface area contributed by atoms with Crippen LogP contribution in [0.3, 0.4) is 0 Å². The van der Waals surface area contributed by atoms with Crippen LogP contribution in [0.5, 0.6) is 0 Å². The Bertz CT molecular complexity index is 239. The van der Waals surface area contributed by atoms with E-state index >= 15 is 0 Å². The normalized spacial score (nSPS) is 33.1. The van der Waals surface area contributed by atoms with Gasteiger partial charge in [0.2, 0.25) is 0 Å². The summed E-state index contributed by atoms with van der Waals surface area (Å²) >= 11 is 0. The summed E-state index contributed by atoms with van der Waals surface area (Å²) in [6.45, 7) is 4.15. The van der Waals surface area contributed by atoms with Crippen LogP contribution in [0.4, 0.5) is 0 Å². The molecular formula is C13H24O3. The second kappa shape index (κ2) is 5.67. The van der Waals surface area contributed by atoms with Crippen molar-refractivity contribution in [3.05, 3.63) is 0 Å². The molecule has 0 aromatic carbocycles. The highest BCUT2D eigenvalue weighted by molar-refractivity contribution is 5.71. The lowest BCUT2D eigenvalue weighted by molar-refractivity contribution is -0.154. The molecule has 1 rings (SSSR count). The number of hydrogen-bond acceptors (Lipinski definition) is 2. The third kappa shape index (κ3) is 3.21. The lowest BCUT2D eigenvalue weighted by atomic mass is 9.78. The predicted molar refractivity (Wildman–Crippen MR) is 63.2 cm³/mol. The molecule has 1 aliphatic carbocycles. The number of carbonyl (C=O) groups is 1. The zero-order valence-electron chi connectivity index (χ0n) is 10.4. The highest BCUT2D eigenvalue weighted by atomic mass is 16.4. The second-order valence-electron chi connectivity index (χ2n) is 5.32. The maximum absolute atomic E-state index is 11.2. The fourth-order valence-electron chi connectivity index (χ4n) is 2.78. The molecule has 1 fully saturated rings. The molecule has 0 aromatic rings. The first-order valence-corrected chi connectivity index (χ1v) is 6.44. The van der Waals surface area contributed by atoms with Gasteiger partial charge in [-0.3, -0.25) is 4.79 Å². The van der Waals surface area contributed by atoms with Crippen LogP contribution >= 0.6 is 0 Å². The van der Waals surface area contributed by atoms with E-state index in [1.165, 1.54) is 0 Å². The van der Waals surface area contributed by atoms with Gasteiger partial charge in [0.1, 0.15) is 0 Å². The molecule has 3 unspecified atom stereocenters. The largest absolute Gasteiger partial charge is 0.481 e. The van der Waals surface area contributed by atoms with Crippen LogP contribution in [-0.4, -0.2) is 21.8 Å². The van der Waals surface area contributed by atoms with Crippen LogP contribution in [0.25, 0.3) is 0 Å². The van der Waals surface area contributed by atoms with E-state index in [-0.39, 0.29) is 0 Å². The van der Waals surface area contributed by atoms with E-state index in [2.05, 4.69) is 6.92 Å². The Labute approximate surface area is 97.9 Å². The number of carboxylic acids is 1. The number of aliphatic carboxylic acids is 1. The van der Waals surface area contributed by atoms with Crippen molar-refractivity contribution >= 4 is 5.97 Å². The first-order chi connectivity index (χ1) is 7.49. The molecule has 0 amide bonds. The Kier molecular flexibility index (Phi) is 4.78. The van der Waals surface area contributed by atoms with E-state index in [9.17, 15) is 15.0 Å². The minimum Gasteiger partial charge on any atom is -0.481 e. The average Bonchev–Trinajstić information content (AvgIpc) is 2.38. The lowest BCUT2D eigenvalue weighted by Crippen LogP contribution is -2.42. The fraction of sp³-hybridized carbons (Fsp3) is 0.923. The summed E-state index contributed by atoms with van der Waals surface area (Å²) < 4.78 is 0. The van der Waals surface area contributed by atoms with Gasteiger partial charge in [0.15, 0.2) is 0 Å². The topological polar surface area (TPSA) is 57.5 Å². The molecule has 3 nitrogen and oxygen atoms in total. The van der Waals surface area contributed by atoms with Gasteiger partial charge in [-0.25, -0.2) is 0 Å². The standard InChI is InChI=1S/C13H24O3/c1-3-5-11(12(14)15)13(16)8-4-6-10(2)7-9-13/h10-11,16H,3-9H2,1-2H3,(H,14,15). The summed E-state index contributed by atoms with van der Waals surface area (Å²) in [5, 5.41) is 19.8. The molecule has 0 aliphatic heterocycles. The lowest BCUT2D eigenvalue weighted by Gasteiger charge is -2.33. The van der Waals surface area contributed by atoms with Crippen LogP contribution in [0.2, 0.25) is 0 Å². The van der Waals surface area contributed by atoms with E-state index in [1.807, 2.05) is 6.92 Å². The Morgan fingerprint density at radius 1 is 1.44 bits per heavy atom. The summed E-state index contributed by atoms with van der Waals surface area (Å²) in [6.07, 6.45) is 5.70. The minimum atomic E-state index is -0.966. The number of hydrogen-bond donors (Lipinski definition) is 2. The number of rotatable bonds is 4. The molecule has 0 radical (unpaired) electrons. The van der Waals surface area contributed by atoms with E-state index in [0.717, 1.165) is 25.7 Å². The highest BCUT2D eigenvalue weighted by Crippen LogP contribution is 2.37. The van der Waals surface area contributed by atoms with Crippen LogP contribution in [-0.2, 0) is 4.79 Å². The van der Waals surface area contributed by atoms with Gasteiger partial charge in [-0.05, 0) is 31.6 Å². The van der Waals surface area contributed by atoms with Crippen molar-refractivity contribution in [1.29, 1.82) is 0 Å². The van der Waals surface area contributed by atoms with Crippen LogP contribution < -0.4 is 0 Å². The van der Waals surface area contributed by atoms with Gasteiger partial charge >= 0.3 is 5.97 Å². The SMILES string of the molecule is CCCC(C(=O)O)C1(O)CCCC(C)CC1. The van der Waals surface area contributed by atoms with E-state index in [0.29, 0.717) is 25.2 Å². The molecule has 3 atom stereocenters. The third-order valence-electron chi connectivity index (χ3n) is 3.90. The van der Waals surface area contributed by atoms with Gasteiger partial charge in [-0.2, -0.15) is 0 Å². The maximum Gasteiger partial charge on any atom is 0.309 e. The van der Waals surface area contributed by atoms with Crippen molar-refractivity contribution in [2.75, 3.05) is 0 Å². The monoisotopic (exact) mass is 228 g/mol. The summed E-state index contributed by atoms with van der Waals surface area (Å²) in [5.74, 6) is -0.799. The first-order valence-electron chi connectivity index (χ1n) is 6.44. The Hall–Kier alpha value is -0.570. The third-order valence-corrected chi connectivity index (χ3v) is 3.90. The van der Waals surface area contributed by atoms with E-state index < -0.39 is 17.5 Å². The zero-order valence-corrected chi connectivity index (χ0v) is 10.4. The van der Waals surface area contributed by atoms with Crippen molar-refractivity contribution in [3.63, 3.8) is 0 Å². The summed E-state index contributed by atoms with van der Waals surface area (Å²) in [6, 6.07) is 0. The molecule has 0 heterocycles. The maximum atomic E-state index is 11.2. The fourth-order valence-corrected chi connectivity index (χ4v) is 2.78. The molecule has 1 aliphatic rings. The Balaban J connectivity index is 2.75. The van der Waals surface area contributed by atoms with Gasteiger partial charge in [0, 0.05) is 0 Å². The predicted octanol–water partition coefficient (Wildman–Crippen LogP) is 2.82. The highest BCUT2D eigenvalue weighted by Gasteiger charge is 2.41. The van der Waals surface area contributed by atoms with Gasteiger partial charge in [0.05, 0.1) is 11.5 Å². The molecule has 2 N–H and O–H groups in total. The summed E-state index contributed by atoms with van der Waals surface area (Å²) in [7, 11) is 0. The molecule has 3 heteroatoms. The van der Waals surface area contributed by atoms with E-state index in [4.69, 9.17) is 0 Å². The molecular weight excluding hydrogens is 204 g/mol. The molecule has 94 valence electrons. The summed E-state index contributed by atoms with van der Waals surface area (Å²) in [5.41, 5.74) is -0.966. The molecule has 0 aromatic heterocycles. The van der Waals surface area contributed by atoms with Crippen molar-refractivity contribution in [2.45, 2.75) is 64.4 Å². The van der Waals surface area contributed by atoms with Crippen molar-refractivity contribution in [1.82, 2.24) is 0 Å². The number of carboxylic acid groups (broad SMARTS) is 1. The number of aliphatic hydroxyl groups is 1. The van der Waals surface area contributed by atoms with Crippen LogP contribution in [0.1, 0.15) is 58.8 Å². The van der Waals surface area contributed by atoms with E-state index in [1.54, 1.807) is 0 Å². The van der Waals surface area contributed by atoms with Crippen molar-refractivity contribution in [3.8, 4) is 0 Å². The van der Waals surface area contributed by atoms with Crippen molar-refractivity contribution in [2.24, 2.45) is 11.8 Å². The molecule has 0 saturated heterocycles. The van der Waals surface area contributed by atoms with Gasteiger partial charge in [0.25, 0.3) is 0 Å². The second-order valence-corrected chi connectivity index (χ2v) is 5.32. The quantitative estimate of drug-likeness (QED) is 0.727. The van der Waals surface area contributed by atoms with Gasteiger partial charge in [-0.15, -0.1) is 0 Å². The molecule has 16 heavy (non-hydrogen) atoms. The molecule has 0 spiro atoms. The smallest absolute Gasteiger partial charge is 0.309 e. The van der Waals surface area contributed by atoms with Crippen molar-refractivity contribution < 1.29 is 15.0 Å². The van der Waals surface area contributed by atoms with Gasteiger partial charge < -0.3 is 10.2 Å². The minimum absolute atomic E-state index is 0.581. The summed E-state index contributed by atoms with van der Waals surface area (Å²) in [4.78, 5) is 11.2. The Morgan fingerprint density at radius 3 is 2.69 bits per heavy atom. The van der Waals surface area contributed by atoms with Gasteiger partial charge in [-0.1, -0.05) is 33.1 Å². The van der Waals surface area contributed by atoms with Crippen LogP contribution in [0.15, 0.2) is 0 Å². The van der Waals surface area contributed by atoms with Crippen LogP contribution in [0, 0.1) is 11.8 Å².